The number of amides is 3. The van der Waals surface area contributed by atoms with E-state index in [2.05, 4.69) is 5.32 Å². The van der Waals surface area contributed by atoms with E-state index in [1.807, 2.05) is 12.2 Å². The molecule has 4 rings (SSSR count). The molecule has 1 heterocycles. The topological polar surface area (TPSA) is 102 Å². The molecule has 32 heavy (non-hydrogen) atoms. The van der Waals surface area contributed by atoms with Gasteiger partial charge in [-0.05, 0) is 43.2 Å². The van der Waals surface area contributed by atoms with Gasteiger partial charge in [-0.25, -0.2) is 4.79 Å². The molecule has 1 N–H and O–H groups in total. The number of imide groups is 1. The number of anilines is 2. The maximum absolute atomic E-state index is 12.8. The van der Waals surface area contributed by atoms with E-state index in [9.17, 15) is 19.2 Å². The Bertz CT molecular complexity index is 1080. The summed E-state index contributed by atoms with van der Waals surface area (Å²) in [5.74, 6) is -1.89. The van der Waals surface area contributed by atoms with Gasteiger partial charge in [0.1, 0.15) is 5.75 Å². The quantitative estimate of drug-likeness (QED) is 0.426. The van der Waals surface area contributed by atoms with Crippen LogP contribution < -0.4 is 15.0 Å². The van der Waals surface area contributed by atoms with E-state index in [0.29, 0.717) is 30.0 Å². The van der Waals surface area contributed by atoms with Gasteiger partial charge in [-0.1, -0.05) is 24.3 Å². The number of esters is 1. The number of ether oxygens (including phenoxy) is 2. The van der Waals surface area contributed by atoms with Crippen LogP contribution in [-0.2, 0) is 19.1 Å². The average Bonchev–Trinajstić information content (AvgIpc) is 3.08. The van der Waals surface area contributed by atoms with Crippen molar-refractivity contribution in [3.63, 3.8) is 0 Å². The van der Waals surface area contributed by atoms with Crippen LogP contribution in [0.5, 0.6) is 5.75 Å². The largest absolute Gasteiger partial charge is 0.497 e. The summed E-state index contributed by atoms with van der Waals surface area (Å²) >= 11 is 0. The first kappa shape index (κ1) is 21.3. The molecule has 2 aromatic rings. The highest BCUT2D eigenvalue weighted by Crippen LogP contribution is 2.37. The summed E-state index contributed by atoms with van der Waals surface area (Å²) in [6.07, 6.45) is 4.91. The van der Waals surface area contributed by atoms with Crippen molar-refractivity contribution in [1.82, 2.24) is 0 Å². The zero-order chi connectivity index (χ0) is 22.7. The lowest BCUT2D eigenvalue weighted by Crippen LogP contribution is -2.31. The van der Waals surface area contributed by atoms with Crippen LogP contribution in [-0.4, -0.2) is 37.4 Å². The molecule has 3 amide bonds. The lowest BCUT2D eigenvalue weighted by molar-refractivity contribution is -0.122. The second-order valence-corrected chi connectivity index (χ2v) is 7.57. The van der Waals surface area contributed by atoms with Gasteiger partial charge >= 0.3 is 5.97 Å². The number of hydrogen-bond donors (Lipinski definition) is 1. The van der Waals surface area contributed by atoms with Gasteiger partial charge in [0.05, 0.1) is 30.2 Å². The van der Waals surface area contributed by atoms with Crippen molar-refractivity contribution in [1.29, 1.82) is 0 Å². The zero-order valence-corrected chi connectivity index (χ0v) is 17.4. The molecule has 0 unspecified atom stereocenters. The normalized spacial score (nSPS) is 19.5. The van der Waals surface area contributed by atoms with Gasteiger partial charge in [-0.15, -0.1) is 0 Å². The molecule has 0 spiro atoms. The van der Waals surface area contributed by atoms with E-state index < -0.39 is 18.5 Å². The molecule has 0 saturated carbocycles. The van der Waals surface area contributed by atoms with E-state index in [-0.39, 0.29) is 29.2 Å². The minimum atomic E-state index is -0.731. The van der Waals surface area contributed by atoms with Crippen LogP contribution in [0, 0.1) is 11.8 Å². The average molecular weight is 434 g/mol. The summed E-state index contributed by atoms with van der Waals surface area (Å²) in [6, 6.07) is 12.9. The van der Waals surface area contributed by atoms with Crippen LogP contribution in [0.2, 0.25) is 0 Å². The number of carbonyl (C=O) groups excluding carboxylic acids is 4. The van der Waals surface area contributed by atoms with E-state index in [1.54, 1.807) is 36.4 Å². The molecule has 164 valence electrons. The molecule has 8 nitrogen and oxygen atoms in total. The number of benzene rings is 2. The first-order chi connectivity index (χ1) is 15.5. The molecule has 1 saturated heterocycles. The highest BCUT2D eigenvalue weighted by Gasteiger charge is 2.47. The second kappa shape index (κ2) is 9.05. The smallest absolute Gasteiger partial charge is 0.338 e. The molecule has 2 aliphatic rings. The fourth-order valence-corrected chi connectivity index (χ4v) is 3.94. The van der Waals surface area contributed by atoms with Gasteiger partial charge in [0.25, 0.3) is 5.91 Å². The number of nitrogens with one attached hydrogen (secondary N) is 1. The predicted octanol–water partition coefficient (Wildman–Crippen LogP) is 2.95. The summed E-state index contributed by atoms with van der Waals surface area (Å²) in [5, 5.41) is 2.62. The van der Waals surface area contributed by atoms with Gasteiger partial charge in [0, 0.05) is 11.8 Å². The number of methoxy groups -OCH3 is 1. The third kappa shape index (κ3) is 4.25. The monoisotopic (exact) mass is 434 g/mol. The third-order valence-electron chi connectivity index (χ3n) is 5.54. The maximum atomic E-state index is 12.8. The molecule has 2 atom stereocenters. The van der Waals surface area contributed by atoms with Crippen molar-refractivity contribution in [3.05, 3.63) is 66.2 Å². The molecule has 0 aromatic heterocycles. The Hall–Kier alpha value is -3.94. The number of allylic oxidation sites excluding steroid dienone is 2. The van der Waals surface area contributed by atoms with Crippen molar-refractivity contribution in [2.45, 2.75) is 12.8 Å². The van der Waals surface area contributed by atoms with Gasteiger partial charge < -0.3 is 14.8 Å². The van der Waals surface area contributed by atoms with Crippen LogP contribution in [0.25, 0.3) is 0 Å². The summed E-state index contributed by atoms with van der Waals surface area (Å²) in [4.78, 5) is 51.3. The minimum Gasteiger partial charge on any atom is -0.497 e. The molecule has 0 radical (unpaired) electrons. The minimum absolute atomic E-state index is 0.144. The Kier molecular flexibility index (Phi) is 6.02. The van der Waals surface area contributed by atoms with E-state index in [0.717, 1.165) is 4.90 Å². The van der Waals surface area contributed by atoms with Crippen LogP contribution in [0.4, 0.5) is 11.4 Å². The molecule has 1 aliphatic heterocycles. The van der Waals surface area contributed by atoms with Crippen molar-refractivity contribution < 1.29 is 28.7 Å². The molecular formula is C24H22N2O6. The number of nitrogens with zero attached hydrogens (tertiary/aromatic N) is 1. The maximum Gasteiger partial charge on any atom is 0.338 e. The molecule has 8 heteroatoms. The van der Waals surface area contributed by atoms with Gasteiger partial charge in [0.15, 0.2) is 6.61 Å². The van der Waals surface area contributed by atoms with E-state index in [1.165, 1.54) is 19.2 Å². The number of fused-ring (bicyclic) bond motifs is 1. The highest BCUT2D eigenvalue weighted by molar-refractivity contribution is 6.22. The Morgan fingerprint density at radius 2 is 1.69 bits per heavy atom. The first-order valence-electron chi connectivity index (χ1n) is 10.2. The lowest BCUT2D eigenvalue weighted by Gasteiger charge is -2.15. The summed E-state index contributed by atoms with van der Waals surface area (Å²) in [5.41, 5.74) is 0.976. The zero-order valence-electron chi connectivity index (χ0n) is 17.4. The predicted molar refractivity (Wildman–Crippen MR) is 116 cm³/mol. The van der Waals surface area contributed by atoms with Crippen molar-refractivity contribution in [3.8, 4) is 5.75 Å². The van der Waals surface area contributed by atoms with E-state index in [4.69, 9.17) is 9.47 Å². The fourth-order valence-electron chi connectivity index (χ4n) is 3.94. The van der Waals surface area contributed by atoms with Crippen LogP contribution in [0.3, 0.4) is 0 Å². The van der Waals surface area contributed by atoms with E-state index >= 15 is 0 Å². The number of carbonyl (C=O) groups is 4. The Balaban J connectivity index is 1.40. The third-order valence-corrected chi connectivity index (χ3v) is 5.54. The molecule has 1 fully saturated rings. The Morgan fingerprint density at radius 1 is 1.00 bits per heavy atom. The summed E-state index contributed by atoms with van der Waals surface area (Å²) < 4.78 is 10.2. The van der Waals surface area contributed by atoms with Crippen molar-refractivity contribution >= 4 is 35.1 Å². The lowest BCUT2D eigenvalue weighted by atomic mass is 9.85. The SMILES string of the molecule is COc1cccc(NC(=O)COC(=O)c2cccc(N3C(=O)[C@H]4CC=CC[C@H]4C3=O)c2)c1. The summed E-state index contributed by atoms with van der Waals surface area (Å²) in [7, 11) is 1.52. The first-order valence-corrected chi connectivity index (χ1v) is 10.2. The Morgan fingerprint density at radius 3 is 2.38 bits per heavy atom. The fraction of sp³-hybridized carbons (Fsp3) is 0.250. The van der Waals surface area contributed by atoms with Gasteiger partial charge in [-0.2, -0.15) is 0 Å². The van der Waals surface area contributed by atoms with Crippen molar-refractivity contribution in [2.24, 2.45) is 11.8 Å². The van der Waals surface area contributed by atoms with Crippen molar-refractivity contribution in [2.75, 3.05) is 23.9 Å². The van der Waals surface area contributed by atoms with Crippen LogP contribution >= 0.6 is 0 Å². The standard InChI is InChI=1S/C24H22N2O6/c1-31-18-9-5-7-16(13-18)25-21(27)14-32-24(30)15-6-4-8-17(12-15)26-22(28)19-10-2-3-11-20(19)23(26)29/h2-9,12-13,19-20H,10-11,14H2,1H3,(H,25,27)/t19-,20+. The molecule has 1 aliphatic carbocycles. The van der Waals surface area contributed by atoms with Crippen LogP contribution in [0.15, 0.2) is 60.7 Å². The molecular weight excluding hydrogens is 412 g/mol. The van der Waals surface area contributed by atoms with Gasteiger partial charge in [0.2, 0.25) is 11.8 Å². The van der Waals surface area contributed by atoms with Gasteiger partial charge in [-0.3, -0.25) is 19.3 Å². The Labute approximate surface area is 184 Å². The summed E-state index contributed by atoms with van der Waals surface area (Å²) in [6.45, 7) is -0.488. The highest BCUT2D eigenvalue weighted by atomic mass is 16.5. The number of rotatable bonds is 6. The number of hydrogen-bond acceptors (Lipinski definition) is 6. The van der Waals surface area contributed by atoms with Crippen LogP contribution in [0.1, 0.15) is 23.2 Å². The second-order valence-electron chi connectivity index (χ2n) is 7.57. The molecule has 2 aromatic carbocycles. The molecule has 0 bridgehead atoms.